The molecule has 0 spiro atoms. The van der Waals surface area contributed by atoms with Crippen LogP contribution in [0.4, 0.5) is 0 Å². The van der Waals surface area contributed by atoms with Crippen LogP contribution in [0.1, 0.15) is 65.5 Å². The molecule has 0 radical (unpaired) electrons. The van der Waals surface area contributed by atoms with Crippen molar-refractivity contribution < 1.29 is 39.5 Å². The molecule has 0 aliphatic heterocycles. The van der Waals surface area contributed by atoms with Crippen LogP contribution in [0.25, 0.3) is 24.3 Å². The monoisotopic (exact) mass is 614 g/mol. The summed E-state index contributed by atoms with van der Waals surface area (Å²) in [6.45, 7) is 0. The molecule has 0 saturated heterocycles. The number of aliphatic carboxylic acids is 1. The summed E-state index contributed by atoms with van der Waals surface area (Å²) in [5.41, 5.74) is 7.48. The quantitative estimate of drug-likeness (QED) is 0.0799. The van der Waals surface area contributed by atoms with Crippen LogP contribution in [0.3, 0.4) is 0 Å². The van der Waals surface area contributed by atoms with Crippen molar-refractivity contribution in [3.63, 3.8) is 0 Å². The fourth-order valence-corrected chi connectivity index (χ4v) is 6.95. The fraction of sp³-hybridized carbons (Fsp3) is 0.237. The van der Waals surface area contributed by atoms with E-state index in [2.05, 4.69) is 121 Å². The molecule has 0 heterocycles. The van der Waals surface area contributed by atoms with Crippen LogP contribution in [0.15, 0.2) is 109 Å². The topological polar surface area (TPSA) is 40.1 Å². The number of carbonyl (C=O) groups is 1. The molecule has 4 aromatic carbocycles. The van der Waals surface area contributed by atoms with Gasteiger partial charge in [0.25, 0.3) is 0 Å². The second kappa shape index (κ2) is 20.5. The third-order valence-corrected chi connectivity index (χ3v) is 9.50. The molecule has 0 aliphatic carbocycles. The summed E-state index contributed by atoms with van der Waals surface area (Å²) in [6, 6.07) is 38.3. The maximum Gasteiger partial charge on any atom is 1.00 e. The number of rotatable bonds is 17. The van der Waals surface area contributed by atoms with E-state index in [0.717, 1.165) is 36.5 Å². The van der Waals surface area contributed by atoms with Crippen LogP contribution >= 0.6 is 23.5 Å². The van der Waals surface area contributed by atoms with E-state index in [-0.39, 0.29) is 36.0 Å². The van der Waals surface area contributed by atoms with Crippen molar-refractivity contribution in [3.8, 4) is 0 Å². The van der Waals surface area contributed by atoms with E-state index < -0.39 is 5.97 Å². The summed E-state index contributed by atoms with van der Waals surface area (Å²) < 4.78 is 0. The Morgan fingerprint density at radius 1 is 0.605 bits per heavy atom. The van der Waals surface area contributed by atoms with Crippen LogP contribution in [0.5, 0.6) is 0 Å². The van der Waals surface area contributed by atoms with Gasteiger partial charge < -0.3 is 9.90 Å². The number of carboxylic acid groups (broad SMARTS) is 1. The van der Waals surface area contributed by atoms with Crippen molar-refractivity contribution >= 4 is 53.8 Å². The molecule has 1 unspecified atom stereocenters. The number of carboxylic acids is 1. The zero-order valence-electron chi connectivity index (χ0n) is 25.1. The molecule has 0 N–H and O–H groups in total. The Bertz CT molecular complexity index is 1390. The summed E-state index contributed by atoms with van der Waals surface area (Å²) in [5.74, 6) is 2.12. The summed E-state index contributed by atoms with van der Waals surface area (Å²) in [5, 5.41) is 11.4. The molecule has 0 aliphatic rings. The smallest absolute Gasteiger partial charge is 0.550 e. The Morgan fingerprint density at radius 3 is 1.56 bits per heavy atom. The van der Waals surface area contributed by atoms with Gasteiger partial charge in [0.1, 0.15) is 0 Å². The maximum atomic E-state index is 10.8. The summed E-state index contributed by atoms with van der Waals surface area (Å²) in [6.07, 6.45) is 12.5. The van der Waals surface area contributed by atoms with Gasteiger partial charge >= 0.3 is 29.6 Å². The van der Waals surface area contributed by atoms with E-state index in [1.54, 1.807) is 0 Å². The first-order valence-corrected chi connectivity index (χ1v) is 16.9. The first kappa shape index (κ1) is 35.0. The van der Waals surface area contributed by atoms with Gasteiger partial charge in [-0.15, -0.1) is 0 Å². The average molecular weight is 615 g/mol. The molecular weight excluding hydrogens is 576 g/mol. The number of carbonyl (C=O) groups excluding carboxylic acids is 1. The van der Waals surface area contributed by atoms with Crippen molar-refractivity contribution in [2.75, 3.05) is 5.75 Å². The molecule has 0 amide bonds. The molecule has 43 heavy (non-hydrogen) atoms. The number of benzene rings is 4. The molecule has 0 fully saturated rings. The van der Waals surface area contributed by atoms with Crippen molar-refractivity contribution in [2.24, 2.45) is 0 Å². The maximum absolute atomic E-state index is 10.8. The summed E-state index contributed by atoms with van der Waals surface area (Å²) in [7, 11) is 0. The van der Waals surface area contributed by atoms with Gasteiger partial charge in [0.05, 0.1) is 0 Å². The Balaban J connectivity index is 0.00000506. The van der Waals surface area contributed by atoms with Gasteiger partial charge in [-0.2, -0.15) is 23.5 Å². The third-order valence-electron chi connectivity index (χ3n) is 6.99. The molecular formula is C38H39NaO2S2. The standard InChI is InChI=1S/C38H40O2S2.Na/c39-38(40)14-8-7-13-37(42-30-36-25-21-34(22-26-36)18-16-32-11-5-2-6-12-32)27-28-41-29-35-23-19-33(20-24-35)17-15-31-9-3-1-4-10-31;/h1-6,9-12,15-26,37H,7-8,13-14,27-30H2,(H,39,40);/q;+1/p-1/b17-15+,18-16+;. The first-order valence-electron chi connectivity index (χ1n) is 14.7. The van der Waals surface area contributed by atoms with Crippen LogP contribution in [0, 0.1) is 0 Å². The molecule has 0 bridgehead atoms. The Kier molecular flexibility index (Phi) is 16.7. The van der Waals surface area contributed by atoms with Crippen LogP contribution in [-0.2, 0) is 16.3 Å². The van der Waals surface area contributed by atoms with Gasteiger partial charge in [-0.05, 0) is 64.8 Å². The second-order valence-electron chi connectivity index (χ2n) is 10.4. The van der Waals surface area contributed by atoms with Crippen LogP contribution < -0.4 is 34.7 Å². The van der Waals surface area contributed by atoms with Crippen molar-refractivity contribution in [1.29, 1.82) is 0 Å². The van der Waals surface area contributed by atoms with Crippen molar-refractivity contribution in [2.45, 2.75) is 48.9 Å². The fourth-order valence-electron chi connectivity index (χ4n) is 4.53. The van der Waals surface area contributed by atoms with Gasteiger partial charge in [-0.25, -0.2) is 0 Å². The minimum atomic E-state index is -0.947. The Morgan fingerprint density at radius 2 is 1.07 bits per heavy atom. The molecule has 5 heteroatoms. The molecule has 0 aromatic heterocycles. The van der Waals surface area contributed by atoms with Gasteiger partial charge in [0, 0.05) is 22.7 Å². The van der Waals surface area contributed by atoms with Gasteiger partial charge in [0.15, 0.2) is 0 Å². The van der Waals surface area contributed by atoms with E-state index in [1.165, 1.54) is 33.4 Å². The zero-order chi connectivity index (χ0) is 29.2. The summed E-state index contributed by atoms with van der Waals surface area (Å²) >= 11 is 3.98. The predicted octanol–water partition coefficient (Wildman–Crippen LogP) is 6.27. The number of thioether (sulfide) groups is 2. The summed E-state index contributed by atoms with van der Waals surface area (Å²) in [4.78, 5) is 10.8. The molecule has 2 nitrogen and oxygen atoms in total. The van der Waals surface area contributed by atoms with Crippen molar-refractivity contribution in [3.05, 3.63) is 143 Å². The number of unbranched alkanes of at least 4 members (excludes halogenated alkanes) is 1. The van der Waals surface area contributed by atoms with E-state index in [1.807, 2.05) is 35.7 Å². The first-order chi connectivity index (χ1) is 20.6. The molecule has 0 saturated carbocycles. The SMILES string of the molecule is O=C([O-])CCCCC(CCSCc1ccc(/C=C/c2ccccc2)cc1)SCc1ccc(/C=C/c2ccccc2)cc1.[Na+]. The second-order valence-corrected chi connectivity index (χ2v) is 12.8. The van der Waals surface area contributed by atoms with Gasteiger partial charge in [-0.1, -0.05) is 140 Å². The van der Waals surface area contributed by atoms with Gasteiger partial charge in [0.2, 0.25) is 0 Å². The van der Waals surface area contributed by atoms with E-state index in [0.29, 0.717) is 11.7 Å². The predicted molar refractivity (Wildman–Crippen MR) is 183 cm³/mol. The van der Waals surface area contributed by atoms with Crippen molar-refractivity contribution in [1.82, 2.24) is 0 Å². The van der Waals surface area contributed by atoms with Crippen LogP contribution in [0.2, 0.25) is 0 Å². The normalized spacial score (nSPS) is 11.9. The zero-order valence-corrected chi connectivity index (χ0v) is 28.7. The number of hydrogen-bond donors (Lipinski definition) is 0. The van der Waals surface area contributed by atoms with E-state index >= 15 is 0 Å². The molecule has 4 rings (SSSR count). The average Bonchev–Trinajstić information content (AvgIpc) is 3.03. The Labute approximate surface area is 288 Å². The molecule has 1 atom stereocenters. The third kappa shape index (κ3) is 14.2. The largest absolute Gasteiger partial charge is 1.00 e. The van der Waals surface area contributed by atoms with Crippen LogP contribution in [-0.4, -0.2) is 17.0 Å². The molecule has 4 aromatic rings. The molecule has 216 valence electrons. The minimum Gasteiger partial charge on any atom is -0.550 e. The van der Waals surface area contributed by atoms with Gasteiger partial charge in [-0.3, -0.25) is 0 Å². The Hall–Kier alpha value is -2.47. The minimum absolute atomic E-state index is 0. The van der Waals surface area contributed by atoms with E-state index in [9.17, 15) is 9.90 Å². The number of hydrogen-bond acceptors (Lipinski definition) is 4. The van der Waals surface area contributed by atoms with E-state index in [4.69, 9.17) is 0 Å².